The minimum Gasteiger partial charge on any atom is -0.368 e. The van der Waals surface area contributed by atoms with E-state index in [0.29, 0.717) is 0 Å². The molecule has 0 bridgehead atoms. The van der Waals surface area contributed by atoms with Gasteiger partial charge in [-0.3, -0.25) is 0 Å². The number of aromatic nitrogens is 2. The fourth-order valence-electron chi connectivity index (χ4n) is 6.41. The summed E-state index contributed by atoms with van der Waals surface area (Å²) in [7, 11) is 0. The maximum Gasteiger partial charge on any atom is 0.124 e. The van der Waals surface area contributed by atoms with E-state index >= 15 is 0 Å². The summed E-state index contributed by atoms with van der Waals surface area (Å²) >= 11 is 3.59. The normalized spacial score (nSPS) is 13.7. The largest absolute Gasteiger partial charge is 0.368 e. The molecule has 1 aliphatic rings. The number of thiazole rings is 1. The molecular weight excluding hydrogens is 623 g/mol. The topological polar surface area (TPSA) is 37.8 Å². The molecule has 9 rings (SSSR count). The van der Waals surface area contributed by atoms with Crippen molar-refractivity contribution in [2.45, 2.75) is 10.3 Å². The van der Waals surface area contributed by atoms with Crippen molar-refractivity contribution < 1.29 is 0 Å². The van der Waals surface area contributed by atoms with Gasteiger partial charge in [0.1, 0.15) is 10.4 Å². The average molecular weight is 652 g/mol. The number of para-hydroxylation sites is 2. The molecule has 2 aromatic heterocycles. The number of nitrogens with one attached hydrogen (secondary N) is 1. The van der Waals surface area contributed by atoms with Gasteiger partial charge in [-0.25, -0.2) is 9.97 Å². The number of anilines is 1. The lowest BCUT2D eigenvalue weighted by Gasteiger charge is -2.18. The van der Waals surface area contributed by atoms with Crippen LogP contribution >= 0.6 is 23.1 Å². The molecule has 0 amide bonds. The van der Waals surface area contributed by atoms with Gasteiger partial charge in [0.15, 0.2) is 0 Å². The average Bonchev–Trinajstić information content (AvgIpc) is 3.80. The van der Waals surface area contributed by atoms with Crippen molar-refractivity contribution in [1.29, 1.82) is 0 Å². The van der Waals surface area contributed by atoms with Crippen molar-refractivity contribution in [3.8, 4) is 55.3 Å². The molecule has 0 aliphatic carbocycles. The predicted molar refractivity (Wildman–Crippen MR) is 203 cm³/mol. The zero-order valence-electron chi connectivity index (χ0n) is 25.9. The Morgan fingerprint density at radius 2 is 1.08 bits per heavy atom. The molecule has 0 spiro atoms. The molecule has 1 atom stereocenters. The Bertz CT molecular complexity index is 2360. The zero-order chi connectivity index (χ0) is 31.9. The van der Waals surface area contributed by atoms with Crippen LogP contribution < -0.4 is 5.32 Å². The van der Waals surface area contributed by atoms with Crippen molar-refractivity contribution in [1.82, 2.24) is 9.97 Å². The van der Waals surface area contributed by atoms with Crippen LogP contribution in [0.5, 0.6) is 0 Å². The highest BCUT2D eigenvalue weighted by Gasteiger charge is 2.24. The van der Waals surface area contributed by atoms with Crippen LogP contribution in [0.1, 0.15) is 10.9 Å². The van der Waals surface area contributed by atoms with E-state index in [4.69, 9.17) is 9.97 Å². The molecule has 0 saturated carbocycles. The second-order valence-corrected chi connectivity index (χ2v) is 14.0. The Labute approximate surface area is 288 Å². The van der Waals surface area contributed by atoms with Gasteiger partial charge >= 0.3 is 0 Å². The van der Waals surface area contributed by atoms with Crippen molar-refractivity contribution in [3.63, 3.8) is 0 Å². The van der Waals surface area contributed by atoms with Crippen LogP contribution in [0.25, 0.3) is 65.6 Å². The van der Waals surface area contributed by atoms with Gasteiger partial charge in [0, 0.05) is 38.4 Å². The molecule has 6 aromatic carbocycles. The Morgan fingerprint density at radius 3 is 1.81 bits per heavy atom. The molecule has 0 radical (unpaired) electrons. The smallest absolute Gasteiger partial charge is 0.124 e. The second kappa shape index (κ2) is 12.3. The predicted octanol–water partition coefficient (Wildman–Crippen LogP) is 12.2. The van der Waals surface area contributed by atoms with E-state index in [0.717, 1.165) is 60.9 Å². The number of nitrogens with zero attached hydrogens (tertiary/aromatic N) is 2. The summed E-state index contributed by atoms with van der Waals surface area (Å²) in [6.45, 7) is 0. The standard InChI is InChI=1S/C43H29N3S2/c1-3-13-28(14-4-1)40-34(30-17-11-19-32(25-30)42-44-36-21-7-9-23-38(36)47-42)27-35(41(46-40)29-15-5-2-6-16-29)31-18-12-20-33(26-31)43-45-37-22-8-10-24-39(37)48-43/h1-27,42,44H. The van der Waals surface area contributed by atoms with Crippen molar-refractivity contribution in [3.05, 3.63) is 169 Å². The molecule has 1 aliphatic heterocycles. The first kappa shape index (κ1) is 28.7. The van der Waals surface area contributed by atoms with Gasteiger partial charge in [-0.05, 0) is 59.2 Å². The Kier molecular flexibility index (Phi) is 7.34. The van der Waals surface area contributed by atoms with Crippen LogP contribution in [0.15, 0.2) is 169 Å². The lowest BCUT2D eigenvalue weighted by atomic mass is 9.91. The van der Waals surface area contributed by atoms with E-state index in [-0.39, 0.29) is 5.37 Å². The molecule has 5 heteroatoms. The molecule has 0 fully saturated rings. The number of thioether (sulfide) groups is 1. The highest BCUT2D eigenvalue weighted by Crippen LogP contribution is 2.47. The molecule has 228 valence electrons. The van der Waals surface area contributed by atoms with Crippen LogP contribution in [-0.2, 0) is 0 Å². The van der Waals surface area contributed by atoms with E-state index in [1.165, 1.54) is 20.8 Å². The summed E-state index contributed by atoms with van der Waals surface area (Å²) in [6.07, 6.45) is 0. The quantitative estimate of drug-likeness (QED) is 0.194. The lowest BCUT2D eigenvalue weighted by molar-refractivity contribution is 1.13. The van der Waals surface area contributed by atoms with E-state index in [2.05, 4.69) is 163 Å². The van der Waals surface area contributed by atoms with Crippen LogP contribution in [-0.4, -0.2) is 9.97 Å². The zero-order valence-corrected chi connectivity index (χ0v) is 27.5. The minimum atomic E-state index is 0.143. The monoisotopic (exact) mass is 651 g/mol. The van der Waals surface area contributed by atoms with Gasteiger partial charge in [-0.2, -0.15) is 0 Å². The summed E-state index contributed by atoms with van der Waals surface area (Å²) in [5, 5.41) is 4.88. The number of rotatable bonds is 6. The highest BCUT2D eigenvalue weighted by molar-refractivity contribution is 8.00. The molecule has 8 aromatic rings. The summed E-state index contributed by atoms with van der Waals surface area (Å²) < 4.78 is 1.19. The van der Waals surface area contributed by atoms with Gasteiger partial charge in [0.05, 0.1) is 21.6 Å². The molecule has 3 heterocycles. The van der Waals surface area contributed by atoms with Crippen LogP contribution in [0.4, 0.5) is 5.69 Å². The third-order valence-corrected chi connectivity index (χ3v) is 11.1. The van der Waals surface area contributed by atoms with Crippen LogP contribution in [0, 0.1) is 0 Å². The maximum atomic E-state index is 5.53. The molecule has 0 saturated heterocycles. The lowest BCUT2D eigenvalue weighted by Crippen LogP contribution is -2.02. The van der Waals surface area contributed by atoms with Gasteiger partial charge in [-0.15, -0.1) is 11.3 Å². The van der Waals surface area contributed by atoms with Crippen LogP contribution in [0.2, 0.25) is 0 Å². The van der Waals surface area contributed by atoms with E-state index in [1.54, 1.807) is 11.3 Å². The fourth-order valence-corrected chi connectivity index (χ4v) is 8.50. The van der Waals surface area contributed by atoms with Gasteiger partial charge in [0.25, 0.3) is 0 Å². The third kappa shape index (κ3) is 5.37. The fraction of sp³-hybridized carbons (Fsp3) is 0.0233. The van der Waals surface area contributed by atoms with E-state index in [1.807, 2.05) is 17.8 Å². The van der Waals surface area contributed by atoms with Gasteiger partial charge < -0.3 is 5.32 Å². The third-order valence-electron chi connectivity index (χ3n) is 8.75. The number of hydrogen-bond donors (Lipinski definition) is 1. The summed E-state index contributed by atoms with van der Waals surface area (Å²) in [4.78, 5) is 11.8. The van der Waals surface area contributed by atoms with Gasteiger partial charge in [-0.1, -0.05) is 133 Å². The van der Waals surface area contributed by atoms with Crippen molar-refractivity contribution in [2.75, 3.05) is 5.32 Å². The SMILES string of the molecule is c1ccc(-c2nc(-c3ccccc3)c(-c3cccc(C4Nc5ccccc5S4)c3)cc2-c2cccc(-c3nc4ccccc4s3)c2)cc1. The molecule has 48 heavy (non-hydrogen) atoms. The summed E-state index contributed by atoms with van der Waals surface area (Å²) in [6, 6.07) is 58.0. The Hall–Kier alpha value is -5.49. The molecular formula is C43H29N3S2. The first-order valence-electron chi connectivity index (χ1n) is 16.0. The Balaban J connectivity index is 1.23. The Morgan fingerprint density at radius 1 is 0.479 bits per heavy atom. The number of benzene rings is 6. The highest BCUT2D eigenvalue weighted by atomic mass is 32.2. The molecule has 3 nitrogen and oxygen atoms in total. The van der Waals surface area contributed by atoms with Gasteiger partial charge in [0.2, 0.25) is 0 Å². The first-order valence-corrected chi connectivity index (χ1v) is 17.7. The van der Waals surface area contributed by atoms with Crippen molar-refractivity contribution >= 4 is 39.0 Å². The second-order valence-electron chi connectivity index (χ2n) is 11.8. The van der Waals surface area contributed by atoms with Crippen molar-refractivity contribution in [2.24, 2.45) is 0 Å². The molecule has 1 N–H and O–H groups in total. The molecule has 1 unspecified atom stereocenters. The van der Waals surface area contributed by atoms with E-state index < -0.39 is 0 Å². The number of hydrogen-bond acceptors (Lipinski definition) is 5. The maximum absolute atomic E-state index is 5.53. The first-order chi connectivity index (χ1) is 23.8. The minimum absolute atomic E-state index is 0.143. The summed E-state index contributed by atoms with van der Waals surface area (Å²) in [5.41, 5.74) is 13.1. The van der Waals surface area contributed by atoms with E-state index in [9.17, 15) is 0 Å². The number of fused-ring (bicyclic) bond motifs is 2. The summed E-state index contributed by atoms with van der Waals surface area (Å²) in [5.74, 6) is 0. The number of pyridine rings is 1. The van der Waals surface area contributed by atoms with Crippen LogP contribution in [0.3, 0.4) is 0 Å².